The number of hydrogen-bond acceptors (Lipinski definition) is 3. The van der Waals surface area contributed by atoms with E-state index >= 15 is 0 Å². The first-order valence-electron chi connectivity index (χ1n) is 6.24. The van der Waals surface area contributed by atoms with Crippen molar-refractivity contribution in [3.63, 3.8) is 0 Å². The van der Waals surface area contributed by atoms with Crippen LogP contribution >= 0.6 is 0 Å². The fraction of sp³-hybridized carbons (Fsp3) is 0.571. The van der Waals surface area contributed by atoms with E-state index in [0.29, 0.717) is 18.5 Å². The van der Waals surface area contributed by atoms with Gasteiger partial charge in [-0.1, -0.05) is 26.0 Å². The van der Waals surface area contributed by atoms with Gasteiger partial charge in [0.15, 0.2) is 0 Å². The number of nitrogens with zero attached hydrogens (tertiary/aromatic N) is 1. The van der Waals surface area contributed by atoms with Crippen LogP contribution in [-0.2, 0) is 6.54 Å². The van der Waals surface area contributed by atoms with Gasteiger partial charge in [-0.3, -0.25) is 0 Å². The van der Waals surface area contributed by atoms with Gasteiger partial charge in [0.05, 0.1) is 0 Å². The van der Waals surface area contributed by atoms with E-state index in [1.165, 1.54) is 11.3 Å². The Morgan fingerprint density at radius 2 is 1.76 bits per heavy atom. The fourth-order valence-corrected chi connectivity index (χ4v) is 1.75. The number of nitrogens with two attached hydrogens (primary N) is 1. The molecule has 0 aliphatic heterocycles. The van der Waals surface area contributed by atoms with E-state index in [1.54, 1.807) is 0 Å². The smallest absolute Gasteiger partial charge is 0.0361 e. The van der Waals surface area contributed by atoms with E-state index < -0.39 is 0 Å². The molecule has 0 fully saturated rings. The Bertz CT molecular complexity index is 317. The van der Waals surface area contributed by atoms with Crippen LogP contribution < -0.4 is 16.0 Å². The molecule has 3 N–H and O–H groups in total. The van der Waals surface area contributed by atoms with Gasteiger partial charge in [-0.2, -0.15) is 0 Å². The third-order valence-corrected chi connectivity index (χ3v) is 3.08. The number of rotatable bonds is 6. The zero-order valence-corrected chi connectivity index (χ0v) is 11.4. The SMILES string of the molecule is CC(C)C(CN)NCc1ccc(N(C)C)cc1. The highest BCUT2D eigenvalue weighted by Crippen LogP contribution is 2.12. The lowest BCUT2D eigenvalue weighted by atomic mass is 10.0. The fourth-order valence-electron chi connectivity index (χ4n) is 1.75. The molecule has 0 heterocycles. The van der Waals surface area contributed by atoms with E-state index in [-0.39, 0.29) is 0 Å². The van der Waals surface area contributed by atoms with Crippen LogP contribution in [0.5, 0.6) is 0 Å². The van der Waals surface area contributed by atoms with Gasteiger partial charge >= 0.3 is 0 Å². The maximum atomic E-state index is 5.73. The number of hydrogen-bond donors (Lipinski definition) is 2. The van der Waals surface area contributed by atoms with Crippen molar-refractivity contribution in [2.45, 2.75) is 26.4 Å². The lowest BCUT2D eigenvalue weighted by molar-refractivity contribution is 0.405. The highest BCUT2D eigenvalue weighted by molar-refractivity contribution is 5.45. The molecule has 3 heteroatoms. The standard InChI is InChI=1S/C14H25N3/c1-11(2)14(9-15)16-10-12-5-7-13(8-6-12)17(3)4/h5-8,11,14,16H,9-10,15H2,1-4H3. The second-order valence-corrected chi connectivity index (χ2v) is 5.03. The first-order chi connectivity index (χ1) is 8.04. The van der Waals surface area contributed by atoms with Crippen LogP contribution in [-0.4, -0.2) is 26.7 Å². The van der Waals surface area contributed by atoms with Crippen molar-refractivity contribution in [3.05, 3.63) is 29.8 Å². The molecular formula is C14H25N3. The van der Waals surface area contributed by atoms with Crippen molar-refractivity contribution in [3.8, 4) is 0 Å². The van der Waals surface area contributed by atoms with E-state index in [9.17, 15) is 0 Å². The van der Waals surface area contributed by atoms with Crippen LogP contribution in [0.2, 0.25) is 0 Å². The maximum absolute atomic E-state index is 5.73. The molecule has 0 aromatic heterocycles. The molecule has 1 rings (SSSR count). The summed E-state index contributed by atoms with van der Waals surface area (Å²) in [5.74, 6) is 0.570. The summed E-state index contributed by atoms with van der Waals surface area (Å²) in [6, 6.07) is 9.00. The summed E-state index contributed by atoms with van der Waals surface area (Å²) in [6.07, 6.45) is 0. The molecule has 0 amide bonds. The normalized spacial score (nSPS) is 12.8. The maximum Gasteiger partial charge on any atom is 0.0361 e. The van der Waals surface area contributed by atoms with Crippen molar-refractivity contribution >= 4 is 5.69 Å². The van der Waals surface area contributed by atoms with Crippen LogP contribution in [0, 0.1) is 5.92 Å². The third-order valence-electron chi connectivity index (χ3n) is 3.08. The molecular weight excluding hydrogens is 210 g/mol. The van der Waals surface area contributed by atoms with E-state index in [2.05, 4.69) is 62.4 Å². The quantitative estimate of drug-likeness (QED) is 0.790. The molecule has 3 nitrogen and oxygen atoms in total. The first kappa shape index (κ1) is 14.0. The molecule has 0 aliphatic carbocycles. The summed E-state index contributed by atoms with van der Waals surface area (Å²) in [7, 11) is 4.10. The average Bonchev–Trinajstić information content (AvgIpc) is 2.30. The molecule has 0 radical (unpaired) electrons. The Labute approximate surface area is 105 Å². The minimum absolute atomic E-state index is 0.392. The van der Waals surface area contributed by atoms with Crippen molar-refractivity contribution in [2.75, 3.05) is 25.5 Å². The van der Waals surface area contributed by atoms with Crippen LogP contribution in [0.15, 0.2) is 24.3 Å². The Kier molecular flexibility index (Phi) is 5.45. The topological polar surface area (TPSA) is 41.3 Å². The van der Waals surface area contributed by atoms with Gasteiger partial charge in [0.1, 0.15) is 0 Å². The van der Waals surface area contributed by atoms with Gasteiger partial charge in [-0.25, -0.2) is 0 Å². The zero-order chi connectivity index (χ0) is 12.8. The lowest BCUT2D eigenvalue weighted by Crippen LogP contribution is -2.39. The van der Waals surface area contributed by atoms with Crippen LogP contribution in [0.25, 0.3) is 0 Å². The Morgan fingerprint density at radius 1 is 1.18 bits per heavy atom. The number of nitrogens with one attached hydrogen (secondary N) is 1. The Balaban J connectivity index is 2.52. The Hall–Kier alpha value is -1.06. The zero-order valence-electron chi connectivity index (χ0n) is 11.4. The van der Waals surface area contributed by atoms with Crippen LogP contribution in [0.3, 0.4) is 0 Å². The van der Waals surface area contributed by atoms with Crippen molar-refractivity contribution in [1.82, 2.24) is 5.32 Å². The summed E-state index contributed by atoms with van der Waals surface area (Å²) in [5.41, 5.74) is 8.26. The summed E-state index contributed by atoms with van der Waals surface area (Å²) in [5, 5.41) is 3.50. The van der Waals surface area contributed by atoms with E-state index in [0.717, 1.165) is 6.54 Å². The molecule has 0 spiro atoms. The molecule has 0 saturated carbocycles. The summed E-state index contributed by atoms with van der Waals surface area (Å²) >= 11 is 0. The van der Waals surface area contributed by atoms with Gasteiger partial charge in [0.2, 0.25) is 0 Å². The molecule has 1 aromatic rings. The predicted molar refractivity (Wildman–Crippen MR) is 75.3 cm³/mol. The van der Waals surface area contributed by atoms with Crippen molar-refractivity contribution in [1.29, 1.82) is 0 Å². The van der Waals surface area contributed by atoms with E-state index in [4.69, 9.17) is 5.73 Å². The highest BCUT2D eigenvalue weighted by atomic mass is 15.1. The van der Waals surface area contributed by atoms with Crippen LogP contribution in [0.1, 0.15) is 19.4 Å². The molecule has 1 unspecified atom stereocenters. The highest BCUT2D eigenvalue weighted by Gasteiger charge is 2.09. The minimum Gasteiger partial charge on any atom is -0.378 e. The molecule has 0 aliphatic rings. The average molecular weight is 235 g/mol. The van der Waals surface area contributed by atoms with Crippen molar-refractivity contribution < 1.29 is 0 Å². The molecule has 0 saturated heterocycles. The summed E-state index contributed by atoms with van der Waals surface area (Å²) < 4.78 is 0. The summed E-state index contributed by atoms with van der Waals surface area (Å²) in [6.45, 7) is 5.96. The van der Waals surface area contributed by atoms with E-state index in [1.807, 2.05) is 0 Å². The van der Waals surface area contributed by atoms with Crippen LogP contribution in [0.4, 0.5) is 5.69 Å². The Morgan fingerprint density at radius 3 is 2.18 bits per heavy atom. The number of benzene rings is 1. The predicted octanol–water partition coefficient (Wildman–Crippen LogP) is 1.83. The molecule has 0 bridgehead atoms. The van der Waals surface area contributed by atoms with Gasteiger partial charge in [0.25, 0.3) is 0 Å². The molecule has 96 valence electrons. The third kappa shape index (κ3) is 4.36. The second kappa shape index (κ2) is 6.62. The summed E-state index contributed by atoms with van der Waals surface area (Å²) in [4.78, 5) is 2.11. The monoisotopic (exact) mass is 235 g/mol. The van der Waals surface area contributed by atoms with Gasteiger partial charge in [0, 0.05) is 38.9 Å². The lowest BCUT2D eigenvalue weighted by Gasteiger charge is -2.21. The van der Waals surface area contributed by atoms with Gasteiger partial charge in [-0.05, 0) is 23.6 Å². The van der Waals surface area contributed by atoms with Gasteiger partial charge < -0.3 is 16.0 Å². The van der Waals surface area contributed by atoms with Crippen molar-refractivity contribution in [2.24, 2.45) is 11.7 Å². The molecule has 1 atom stereocenters. The van der Waals surface area contributed by atoms with Gasteiger partial charge in [-0.15, -0.1) is 0 Å². The first-order valence-corrected chi connectivity index (χ1v) is 6.24. The largest absolute Gasteiger partial charge is 0.378 e. The molecule has 17 heavy (non-hydrogen) atoms. The molecule has 1 aromatic carbocycles. The number of anilines is 1. The minimum atomic E-state index is 0.392. The second-order valence-electron chi connectivity index (χ2n) is 5.03.